The molecule has 66 valence electrons. The zero-order chi connectivity index (χ0) is 8.43. The van der Waals surface area contributed by atoms with E-state index in [-0.39, 0.29) is 0 Å². The van der Waals surface area contributed by atoms with Crippen LogP contribution in [0.25, 0.3) is 0 Å². The Balaban J connectivity index is 2.15. The maximum absolute atomic E-state index is 2.42. The molecule has 1 rings (SSSR count). The number of rotatable bonds is 4. The minimum atomic E-state index is 0.933. The maximum Gasteiger partial charge on any atom is -0.0383 e. The maximum atomic E-state index is 2.42. The van der Waals surface area contributed by atoms with Gasteiger partial charge in [0.25, 0.3) is 0 Å². The van der Waals surface area contributed by atoms with Crippen molar-refractivity contribution < 1.29 is 0 Å². The molecule has 11 heavy (non-hydrogen) atoms. The first-order valence-corrected chi connectivity index (χ1v) is 5.15. The summed E-state index contributed by atoms with van der Waals surface area (Å²) in [4.78, 5) is 0. The Morgan fingerprint density at radius 2 is 1.82 bits per heavy atom. The van der Waals surface area contributed by atoms with Crippen LogP contribution in [0.3, 0.4) is 0 Å². The van der Waals surface area contributed by atoms with Crippen LogP contribution in [0.15, 0.2) is 0 Å². The Morgan fingerprint density at radius 1 is 1.27 bits per heavy atom. The highest BCUT2D eigenvalue weighted by molar-refractivity contribution is 4.84. The Morgan fingerprint density at radius 3 is 2.18 bits per heavy atom. The van der Waals surface area contributed by atoms with Crippen molar-refractivity contribution in [1.82, 2.24) is 0 Å². The van der Waals surface area contributed by atoms with Crippen molar-refractivity contribution in [3.05, 3.63) is 0 Å². The van der Waals surface area contributed by atoms with Crippen molar-refractivity contribution in [3.63, 3.8) is 0 Å². The second-order valence-corrected chi connectivity index (χ2v) is 4.57. The van der Waals surface area contributed by atoms with Crippen molar-refractivity contribution in [1.29, 1.82) is 0 Å². The summed E-state index contributed by atoms with van der Waals surface area (Å²) in [6, 6.07) is 0. The lowest BCUT2D eigenvalue weighted by Gasteiger charge is -2.17. The normalized spacial score (nSPS) is 34.9. The molecule has 0 nitrogen and oxygen atoms in total. The van der Waals surface area contributed by atoms with Gasteiger partial charge in [0, 0.05) is 0 Å². The van der Waals surface area contributed by atoms with Gasteiger partial charge in [-0.2, -0.15) is 0 Å². The average Bonchev–Trinajstić information content (AvgIpc) is 2.65. The van der Waals surface area contributed by atoms with Crippen LogP contribution in [0.5, 0.6) is 0 Å². The van der Waals surface area contributed by atoms with Crippen LogP contribution in [0.2, 0.25) is 0 Å². The molecule has 0 aromatic rings. The van der Waals surface area contributed by atoms with Gasteiger partial charge in [0.15, 0.2) is 0 Å². The number of hydrogen-bond donors (Lipinski definition) is 0. The van der Waals surface area contributed by atoms with E-state index in [1.54, 1.807) is 0 Å². The van der Waals surface area contributed by atoms with E-state index in [1.807, 2.05) is 0 Å². The lowest BCUT2D eigenvalue weighted by atomic mass is 9.89. The monoisotopic (exact) mass is 154 g/mol. The summed E-state index contributed by atoms with van der Waals surface area (Å²) < 4.78 is 0. The van der Waals surface area contributed by atoms with Crippen molar-refractivity contribution in [3.8, 4) is 0 Å². The second kappa shape index (κ2) is 3.60. The van der Waals surface area contributed by atoms with Gasteiger partial charge in [-0.3, -0.25) is 0 Å². The molecule has 0 heterocycles. The molecule has 0 aliphatic heterocycles. The van der Waals surface area contributed by atoms with Gasteiger partial charge in [0.1, 0.15) is 0 Å². The molecular weight excluding hydrogens is 132 g/mol. The van der Waals surface area contributed by atoms with E-state index >= 15 is 0 Å². The molecule has 1 fully saturated rings. The van der Waals surface area contributed by atoms with Crippen LogP contribution in [0.4, 0.5) is 0 Å². The van der Waals surface area contributed by atoms with E-state index in [9.17, 15) is 0 Å². The predicted molar refractivity (Wildman–Crippen MR) is 50.5 cm³/mol. The Bertz CT molecular complexity index is 117. The highest BCUT2D eigenvalue weighted by Gasteiger charge is 2.33. The summed E-state index contributed by atoms with van der Waals surface area (Å²) in [5.74, 6) is 4.01. The van der Waals surface area contributed by atoms with Gasteiger partial charge in [0.2, 0.25) is 0 Å². The minimum Gasteiger partial charge on any atom is -0.0651 e. The molecule has 0 aromatic carbocycles. The molecule has 1 saturated carbocycles. The van der Waals surface area contributed by atoms with E-state index in [0.717, 1.165) is 23.7 Å². The van der Waals surface area contributed by atoms with E-state index in [4.69, 9.17) is 0 Å². The Kier molecular flexibility index (Phi) is 2.98. The quantitative estimate of drug-likeness (QED) is 0.579. The third-order valence-electron chi connectivity index (χ3n) is 3.57. The summed E-state index contributed by atoms with van der Waals surface area (Å²) in [6.45, 7) is 9.49. The molecule has 1 aliphatic rings. The van der Waals surface area contributed by atoms with Gasteiger partial charge < -0.3 is 0 Å². The summed E-state index contributed by atoms with van der Waals surface area (Å²) in [5, 5.41) is 0. The second-order valence-electron chi connectivity index (χ2n) is 4.57. The zero-order valence-corrected chi connectivity index (χ0v) is 8.43. The predicted octanol–water partition coefficient (Wildman–Crippen LogP) is 3.71. The van der Waals surface area contributed by atoms with Crippen LogP contribution < -0.4 is 0 Å². The lowest BCUT2D eigenvalue weighted by Crippen LogP contribution is -2.07. The molecule has 4 unspecified atom stereocenters. The number of hydrogen-bond acceptors (Lipinski definition) is 0. The largest absolute Gasteiger partial charge is 0.0651 e. The third kappa shape index (κ3) is 2.50. The molecule has 0 spiro atoms. The highest BCUT2D eigenvalue weighted by atomic mass is 14.4. The van der Waals surface area contributed by atoms with Gasteiger partial charge in [-0.1, -0.05) is 34.1 Å². The SMILES string of the molecule is CCC(C)C(C)CC1CC1C. The van der Waals surface area contributed by atoms with Crippen LogP contribution >= 0.6 is 0 Å². The summed E-state index contributed by atoms with van der Waals surface area (Å²) in [7, 11) is 0. The third-order valence-corrected chi connectivity index (χ3v) is 3.57. The standard InChI is InChI=1S/C11H22/c1-5-8(2)9(3)6-11-7-10(11)4/h8-11H,5-7H2,1-4H3. The molecule has 4 atom stereocenters. The van der Waals surface area contributed by atoms with Crippen molar-refractivity contribution in [2.75, 3.05) is 0 Å². The fourth-order valence-electron chi connectivity index (χ4n) is 1.84. The van der Waals surface area contributed by atoms with E-state index in [0.29, 0.717) is 0 Å². The molecule has 0 aromatic heterocycles. The summed E-state index contributed by atoms with van der Waals surface area (Å²) >= 11 is 0. The highest BCUT2D eigenvalue weighted by Crippen LogP contribution is 2.43. The fraction of sp³-hybridized carbons (Fsp3) is 1.00. The molecule has 0 heteroatoms. The molecule has 0 bridgehead atoms. The zero-order valence-electron chi connectivity index (χ0n) is 8.43. The van der Waals surface area contributed by atoms with E-state index < -0.39 is 0 Å². The first kappa shape index (κ1) is 9.09. The van der Waals surface area contributed by atoms with Gasteiger partial charge in [-0.15, -0.1) is 0 Å². The average molecular weight is 154 g/mol. The first-order chi connectivity index (χ1) is 5.15. The van der Waals surface area contributed by atoms with Crippen molar-refractivity contribution in [2.45, 2.75) is 47.0 Å². The topological polar surface area (TPSA) is 0 Å². The lowest BCUT2D eigenvalue weighted by molar-refractivity contribution is 0.335. The molecule has 0 saturated heterocycles. The Hall–Kier alpha value is 0. The fourth-order valence-corrected chi connectivity index (χ4v) is 1.84. The van der Waals surface area contributed by atoms with E-state index in [1.165, 1.54) is 19.3 Å². The summed E-state index contributed by atoms with van der Waals surface area (Å²) in [5.41, 5.74) is 0. The molecule has 0 N–H and O–H groups in total. The molecule has 0 radical (unpaired) electrons. The van der Waals surface area contributed by atoms with Crippen LogP contribution in [-0.2, 0) is 0 Å². The van der Waals surface area contributed by atoms with Crippen LogP contribution in [0.1, 0.15) is 47.0 Å². The van der Waals surface area contributed by atoms with E-state index in [2.05, 4.69) is 27.7 Å². The van der Waals surface area contributed by atoms with Crippen LogP contribution in [-0.4, -0.2) is 0 Å². The smallest absolute Gasteiger partial charge is 0.0383 e. The minimum absolute atomic E-state index is 0.933. The van der Waals surface area contributed by atoms with Crippen molar-refractivity contribution in [2.24, 2.45) is 23.7 Å². The van der Waals surface area contributed by atoms with Gasteiger partial charge in [0.05, 0.1) is 0 Å². The van der Waals surface area contributed by atoms with Gasteiger partial charge in [-0.25, -0.2) is 0 Å². The molecule has 0 amide bonds. The first-order valence-electron chi connectivity index (χ1n) is 5.15. The van der Waals surface area contributed by atoms with Crippen LogP contribution in [0, 0.1) is 23.7 Å². The molecule has 1 aliphatic carbocycles. The summed E-state index contributed by atoms with van der Waals surface area (Å²) in [6.07, 6.45) is 4.33. The molecular formula is C11H22. The van der Waals surface area contributed by atoms with Crippen molar-refractivity contribution >= 4 is 0 Å². The van der Waals surface area contributed by atoms with Gasteiger partial charge >= 0.3 is 0 Å². The van der Waals surface area contributed by atoms with Gasteiger partial charge in [-0.05, 0) is 36.5 Å². The Labute approximate surface area is 71.4 Å².